The summed E-state index contributed by atoms with van der Waals surface area (Å²) in [5.41, 5.74) is 1.56. The molecule has 0 aliphatic carbocycles. The van der Waals surface area contributed by atoms with Gasteiger partial charge in [0.1, 0.15) is 17.5 Å². The first-order chi connectivity index (χ1) is 14.6. The third kappa shape index (κ3) is 3.95. The predicted octanol–water partition coefficient (Wildman–Crippen LogP) is 2.18. The number of rotatable bonds is 6. The van der Waals surface area contributed by atoms with Gasteiger partial charge in [-0.3, -0.25) is 14.7 Å². The fourth-order valence-electron chi connectivity index (χ4n) is 4.16. The van der Waals surface area contributed by atoms with Crippen molar-refractivity contribution in [3.05, 3.63) is 53.9 Å². The average Bonchev–Trinajstić information content (AvgIpc) is 2.80. The van der Waals surface area contributed by atoms with Gasteiger partial charge in [-0.05, 0) is 49.2 Å². The summed E-state index contributed by atoms with van der Waals surface area (Å²) in [4.78, 5) is 33.9. The minimum Gasteiger partial charge on any atom is -0.497 e. The van der Waals surface area contributed by atoms with E-state index in [-0.39, 0.29) is 24.5 Å². The second-order valence-electron chi connectivity index (χ2n) is 7.52. The second-order valence-corrected chi connectivity index (χ2v) is 7.52. The monoisotopic (exact) mass is 410 g/mol. The lowest BCUT2D eigenvalue weighted by Crippen LogP contribution is -2.68. The van der Waals surface area contributed by atoms with Gasteiger partial charge in [-0.25, -0.2) is 4.79 Å². The normalized spacial score (nSPS) is 21.4. The van der Waals surface area contributed by atoms with Crippen LogP contribution in [0.15, 0.2) is 42.6 Å². The fourth-order valence-corrected chi connectivity index (χ4v) is 4.16. The molecule has 0 saturated carbocycles. The molecule has 1 N–H and O–H groups in total. The van der Waals surface area contributed by atoms with E-state index >= 15 is 0 Å². The Labute approximate surface area is 175 Å². The molecule has 1 aromatic heterocycles. The van der Waals surface area contributed by atoms with E-state index < -0.39 is 6.04 Å². The highest BCUT2D eigenvalue weighted by atomic mass is 16.5. The number of imide groups is 1. The molecule has 2 aromatic rings. The summed E-state index contributed by atoms with van der Waals surface area (Å²) < 4.78 is 10.7. The van der Waals surface area contributed by atoms with Crippen LogP contribution in [-0.2, 0) is 17.9 Å². The summed E-state index contributed by atoms with van der Waals surface area (Å²) in [6, 6.07) is 10.2. The van der Waals surface area contributed by atoms with Crippen LogP contribution in [-0.4, -0.2) is 59.6 Å². The third-order valence-electron chi connectivity index (χ3n) is 5.65. The number of nitrogens with one attached hydrogen (secondary N) is 1. The quantitative estimate of drug-likeness (QED) is 0.786. The maximum absolute atomic E-state index is 13.4. The van der Waals surface area contributed by atoms with Gasteiger partial charge in [0, 0.05) is 18.8 Å². The Hall–Kier alpha value is -3.13. The number of hydrogen-bond acceptors (Lipinski definition) is 6. The van der Waals surface area contributed by atoms with Gasteiger partial charge in [-0.2, -0.15) is 0 Å². The van der Waals surface area contributed by atoms with Crippen molar-refractivity contribution in [2.75, 3.05) is 20.8 Å². The molecule has 158 valence electrons. The van der Waals surface area contributed by atoms with E-state index in [4.69, 9.17) is 9.47 Å². The van der Waals surface area contributed by atoms with Gasteiger partial charge in [0.05, 0.1) is 32.5 Å². The number of urea groups is 1. The van der Waals surface area contributed by atoms with Crippen molar-refractivity contribution >= 4 is 11.9 Å². The van der Waals surface area contributed by atoms with E-state index in [0.717, 1.165) is 24.9 Å². The topological polar surface area (TPSA) is 84.0 Å². The lowest BCUT2D eigenvalue weighted by Gasteiger charge is -2.47. The van der Waals surface area contributed by atoms with Crippen LogP contribution >= 0.6 is 0 Å². The summed E-state index contributed by atoms with van der Waals surface area (Å²) in [5, 5.41) is 3.31. The molecule has 4 rings (SSSR count). The zero-order chi connectivity index (χ0) is 21.1. The summed E-state index contributed by atoms with van der Waals surface area (Å²) >= 11 is 0. The molecule has 2 atom stereocenters. The minimum absolute atomic E-state index is 0.154. The Balaban J connectivity index is 1.64. The van der Waals surface area contributed by atoms with Gasteiger partial charge in [0.2, 0.25) is 5.91 Å². The van der Waals surface area contributed by atoms with Crippen LogP contribution in [0.4, 0.5) is 4.79 Å². The summed E-state index contributed by atoms with van der Waals surface area (Å²) in [6.07, 6.45) is 3.36. The number of pyridine rings is 1. The molecule has 2 saturated heterocycles. The Kier molecular flexibility index (Phi) is 5.85. The number of carbonyl (C=O) groups is 2. The van der Waals surface area contributed by atoms with Gasteiger partial charge in [0.15, 0.2) is 0 Å². The molecule has 2 unspecified atom stereocenters. The molecular weight excluding hydrogens is 384 g/mol. The molecule has 2 aliphatic heterocycles. The fraction of sp³-hybridized carbons (Fsp3) is 0.409. The largest absolute Gasteiger partial charge is 0.497 e. The first kappa shape index (κ1) is 20.2. The van der Waals surface area contributed by atoms with Crippen molar-refractivity contribution in [3.63, 3.8) is 0 Å². The number of methoxy groups -OCH3 is 2. The average molecular weight is 410 g/mol. The van der Waals surface area contributed by atoms with Crippen LogP contribution in [0.1, 0.15) is 24.1 Å². The Morgan fingerprint density at radius 3 is 2.53 bits per heavy atom. The van der Waals surface area contributed by atoms with Gasteiger partial charge < -0.3 is 19.7 Å². The van der Waals surface area contributed by atoms with Crippen molar-refractivity contribution in [3.8, 4) is 11.5 Å². The molecule has 0 spiro atoms. The van der Waals surface area contributed by atoms with Crippen LogP contribution in [0.2, 0.25) is 0 Å². The van der Waals surface area contributed by atoms with Crippen molar-refractivity contribution in [1.82, 2.24) is 20.1 Å². The number of fused-ring (bicyclic) bond motifs is 1. The van der Waals surface area contributed by atoms with Crippen LogP contribution in [0.3, 0.4) is 0 Å². The molecule has 8 nitrogen and oxygen atoms in total. The Bertz CT molecular complexity index is 898. The van der Waals surface area contributed by atoms with Crippen LogP contribution < -0.4 is 14.8 Å². The highest BCUT2D eigenvalue weighted by Gasteiger charge is 2.47. The molecule has 0 radical (unpaired) electrons. The summed E-state index contributed by atoms with van der Waals surface area (Å²) in [5.74, 6) is 1.14. The van der Waals surface area contributed by atoms with Gasteiger partial charge in [0.25, 0.3) is 0 Å². The standard InChI is InChI=1S/C22H26N4O4/c1-29-17-10-15(11-18(12-17)30-2)13-25-19-7-5-9-24-20(19)21(27)26(22(25)28)14-16-6-3-4-8-23-16/h3-4,6,8,10-12,19-20,24H,5,7,9,13-14H2,1-2H3. The van der Waals surface area contributed by atoms with E-state index in [9.17, 15) is 9.59 Å². The number of hydrogen-bond donors (Lipinski definition) is 1. The molecule has 2 fully saturated rings. The first-order valence-electron chi connectivity index (χ1n) is 10.1. The van der Waals surface area contributed by atoms with E-state index in [0.29, 0.717) is 23.7 Å². The van der Waals surface area contributed by atoms with Crippen molar-refractivity contribution in [2.24, 2.45) is 0 Å². The molecule has 0 bridgehead atoms. The number of carbonyl (C=O) groups excluding carboxylic acids is 2. The van der Waals surface area contributed by atoms with E-state index in [1.807, 2.05) is 30.3 Å². The molecule has 2 aliphatic rings. The zero-order valence-corrected chi connectivity index (χ0v) is 17.2. The number of aromatic nitrogens is 1. The zero-order valence-electron chi connectivity index (χ0n) is 17.2. The molecule has 1 aromatic carbocycles. The number of amides is 3. The van der Waals surface area contributed by atoms with Crippen LogP contribution in [0, 0.1) is 0 Å². The minimum atomic E-state index is -0.410. The van der Waals surface area contributed by atoms with Crippen molar-refractivity contribution < 1.29 is 19.1 Å². The van der Waals surface area contributed by atoms with Gasteiger partial charge in [-0.15, -0.1) is 0 Å². The molecule has 3 amide bonds. The van der Waals surface area contributed by atoms with Gasteiger partial charge >= 0.3 is 6.03 Å². The van der Waals surface area contributed by atoms with Gasteiger partial charge in [-0.1, -0.05) is 6.07 Å². The second kappa shape index (κ2) is 8.71. The smallest absolute Gasteiger partial charge is 0.327 e. The number of ether oxygens (including phenoxy) is 2. The van der Waals surface area contributed by atoms with Crippen LogP contribution in [0.5, 0.6) is 11.5 Å². The molecule has 8 heteroatoms. The lowest BCUT2D eigenvalue weighted by atomic mass is 9.93. The van der Waals surface area contributed by atoms with Crippen molar-refractivity contribution in [2.45, 2.75) is 38.0 Å². The molecular formula is C22H26N4O4. The lowest BCUT2D eigenvalue weighted by molar-refractivity contribution is -0.137. The van der Waals surface area contributed by atoms with E-state index in [2.05, 4.69) is 10.3 Å². The number of nitrogens with zero attached hydrogens (tertiary/aromatic N) is 3. The third-order valence-corrected chi connectivity index (χ3v) is 5.65. The number of piperidine rings is 1. The maximum Gasteiger partial charge on any atom is 0.327 e. The molecule has 3 heterocycles. The Morgan fingerprint density at radius 1 is 1.10 bits per heavy atom. The Morgan fingerprint density at radius 2 is 1.87 bits per heavy atom. The van der Waals surface area contributed by atoms with Crippen molar-refractivity contribution in [1.29, 1.82) is 0 Å². The highest BCUT2D eigenvalue weighted by molar-refractivity contribution is 6.00. The van der Waals surface area contributed by atoms with Crippen LogP contribution in [0.25, 0.3) is 0 Å². The summed E-state index contributed by atoms with van der Waals surface area (Å²) in [7, 11) is 3.19. The maximum atomic E-state index is 13.4. The number of benzene rings is 1. The first-order valence-corrected chi connectivity index (χ1v) is 10.1. The SMILES string of the molecule is COc1cc(CN2C(=O)N(Cc3ccccn3)C(=O)C3NCCCC32)cc(OC)c1. The highest BCUT2D eigenvalue weighted by Crippen LogP contribution is 2.29. The summed E-state index contributed by atoms with van der Waals surface area (Å²) in [6.45, 7) is 1.28. The molecule has 30 heavy (non-hydrogen) atoms. The predicted molar refractivity (Wildman–Crippen MR) is 110 cm³/mol. The van der Waals surface area contributed by atoms with E-state index in [1.54, 1.807) is 31.4 Å². The van der Waals surface area contributed by atoms with E-state index in [1.165, 1.54) is 4.90 Å².